The quantitative estimate of drug-likeness (QED) is 0.286. The first-order valence-electron chi connectivity index (χ1n) is 8.81. The van der Waals surface area contributed by atoms with Crippen molar-refractivity contribution in [3.8, 4) is 17.2 Å². The van der Waals surface area contributed by atoms with Crippen LogP contribution in [-0.4, -0.2) is 22.0 Å². The highest BCUT2D eigenvalue weighted by atomic mass is 16.6. The van der Waals surface area contributed by atoms with E-state index >= 15 is 0 Å². The van der Waals surface area contributed by atoms with Gasteiger partial charge in [-0.1, -0.05) is 38.1 Å². The number of hydrogen-bond acceptors (Lipinski definition) is 6. The molecule has 3 aromatic rings. The molecule has 144 valence electrons. The van der Waals surface area contributed by atoms with Gasteiger partial charge in [-0.3, -0.25) is 4.79 Å². The summed E-state index contributed by atoms with van der Waals surface area (Å²) >= 11 is 0. The zero-order valence-corrected chi connectivity index (χ0v) is 15.5. The molecule has 0 radical (unpaired) electrons. The Kier molecular flexibility index (Phi) is 5.49. The molecule has 1 heterocycles. The van der Waals surface area contributed by atoms with Crippen molar-refractivity contribution < 1.29 is 29.0 Å². The van der Waals surface area contributed by atoms with Gasteiger partial charge in [-0.05, 0) is 42.2 Å². The van der Waals surface area contributed by atoms with Crippen LogP contribution in [0.25, 0.3) is 0 Å². The number of rotatable bonds is 6. The largest absolute Gasteiger partial charge is 0.504 e. The van der Waals surface area contributed by atoms with Gasteiger partial charge < -0.3 is 19.4 Å². The number of phenols is 2. The minimum absolute atomic E-state index is 0.0551. The number of carbonyl (C=O) groups is 2. The highest BCUT2D eigenvalue weighted by Gasteiger charge is 2.22. The van der Waals surface area contributed by atoms with Crippen LogP contribution >= 0.6 is 0 Å². The third kappa shape index (κ3) is 4.06. The van der Waals surface area contributed by atoms with Gasteiger partial charge in [0.1, 0.15) is 0 Å². The minimum Gasteiger partial charge on any atom is -0.504 e. The molecule has 0 atom stereocenters. The van der Waals surface area contributed by atoms with Gasteiger partial charge in [-0.2, -0.15) is 0 Å². The minimum atomic E-state index is -0.834. The van der Waals surface area contributed by atoms with Crippen molar-refractivity contribution in [3.05, 3.63) is 77.2 Å². The fraction of sp³-hybridized carbons (Fsp3) is 0.182. The maximum Gasteiger partial charge on any atom is 0.379 e. The molecule has 0 fully saturated rings. The number of carbonyl (C=O) groups excluding carboxylic acids is 2. The van der Waals surface area contributed by atoms with Crippen molar-refractivity contribution >= 4 is 11.8 Å². The van der Waals surface area contributed by atoms with E-state index in [-0.39, 0.29) is 17.1 Å². The molecule has 0 unspecified atom stereocenters. The van der Waals surface area contributed by atoms with Crippen molar-refractivity contribution in [1.29, 1.82) is 0 Å². The number of phenolic OH excluding ortho intramolecular Hbond substituents is 2. The summed E-state index contributed by atoms with van der Waals surface area (Å²) in [5, 5.41) is 20.4. The summed E-state index contributed by atoms with van der Waals surface area (Å²) in [6, 6.07) is 12.6. The highest BCUT2D eigenvalue weighted by Crippen LogP contribution is 2.39. The third-order valence-corrected chi connectivity index (χ3v) is 4.14. The van der Waals surface area contributed by atoms with Crippen LogP contribution in [0.15, 0.2) is 59.2 Å². The molecule has 0 bridgehead atoms. The number of aromatic hydroxyl groups is 2. The van der Waals surface area contributed by atoms with Gasteiger partial charge in [0, 0.05) is 5.56 Å². The second-order valence-corrected chi connectivity index (χ2v) is 6.80. The fourth-order valence-electron chi connectivity index (χ4n) is 2.79. The van der Waals surface area contributed by atoms with Crippen LogP contribution in [0, 0.1) is 5.92 Å². The lowest BCUT2D eigenvalue weighted by Gasteiger charge is -2.10. The first-order valence-corrected chi connectivity index (χ1v) is 8.81. The molecule has 0 spiro atoms. The molecule has 28 heavy (non-hydrogen) atoms. The molecule has 1 aromatic heterocycles. The lowest BCUT2D eigenvalue weighted by Crippen LogP contribution is -2.08. The van der Waals surface area contributed by atoms with Gasteiger partial charge in [0.2, 0.25) is 11.5 Å². The van der Waals surface area contributed by atoms with E-state index in [4.69, 9.17) is 9.15 Å². The molecule has 0 saturated carbocycles. The van der Waals surface area contributed by atoms with Crippen LogP contribution in [0.3, 0.4) is 0 Å². The smallest absolute Gasteiger partial charge is 0.379 e. The summed E-state index contributed by atoms with van der Waals surface area (Å²) < 4.78 is 9.93. The topological polar surface area (TPSA) is 97.0 Å². The monoisotopic (exact) mass is 380 g/mol. The maximum atomic E-state index is 12.7. The average Bonchev–Trinajstić information content (AvgIpc) is 3.20. The van der Waals surface area contributed by atoms with Crippen molar-refractivity contribution in [1.82, 2.24) is 0 Å². The van der Waals surface area contributed by atoms with E-state index in [1.807, 2.05) is 12.1 Å². The van der Waals surface area contributed by atoms with Crippen molar-refractivity contribution in [2.24, 2.45) is 5.92 Å². The molecule has 0 saturated heterocycles. The molecule has 0 aliphatic heterocycles. The van der Waals surface area contributed by atoms with Gasteiger partial charge in [0.25, 0.3) is 0 Å². The molecule has 6 nitrogen and oxygen atoms in total. The predicted octanol–water partition coefficient (Wildman–Crippen LogP) is 4.34. The van der Waals surface area contributed by atoms with Crippen LogP contribution < -0.4 is 4.74 Å². The molecule has 0 aliphatic rings. The number of ether oxygens (including phenoxy) is 1. The first kappa shape index (κ1) is 19.2. The normalized spacial score (nSPS) is 10.8. The maximum absolute atomic E-state index is 12.7. The summed E-state index contributed by atoms with van der Waals surface area (Å²) in [5.74, 6) is -2.46. The van der Waals surface area contributed by atoms with Gasteiger partial charge in [-0.15, -0.1) is 0 Å². The van der Waals surface area contributed by atoms with Crippen LogP contribution in [0.1, 0.15) is 45.9 Å². The third-order valence-electron chi connectivity index (χ3n) is 4.14. The predicted molar refractivity (Wildman–Crippen MR) is 102 cm³/mol. The molecule has 2 aromatic carbocycles. The Hall–Kier alpha value is -3.54. The summed E-state index contributed by atoms with van der Waals surface area (Å²) in [6.07, 6.45) is 2.21. The number of benzene rings is 2. The van der Waals surface area contributed by atoms with E-state index in [1.54, 1.807) is 12.1 Å². The van der Waals surface area contributed by atoms with Gasteiger partial charge in [0.05, 0.1) is 11.8 Å². The van der Waals surface area contributed by atoms with E-state index < -0.39 is 23.3 Å². The number of ketones is 1. The zero-order chi connectivity index (χ0) is 20.3. The summed E-state index contributed by atoms with van der Waals surface area (Å²) in [6.45, 7) is 4.22. The van der Waals surface area contributed by atoms with Crippen LogP contribution in [0.2, 0.25) is 0 Å². The Morgan fingerprint density at radius 3 is 2.32 bits per heavy atom. The molecule has 0 amide bonds. The van der Waals surface area contributed by atoms with Crippen molar-refractivity contribution in [2.75, 3.05) is 0 Å². The Bertz CT molecular complexity index is 985. The van der Waals surface area contributed by atoms with E-state index in [9.17, 15) is 19.8 Å². The lowest BCUT2D eigenvalue weighted by atomic mass is 9.98. The summed E-state index contributed by atoms with van der Waals surface area (Å²) in [5.41, 5.74) is 1.40. The SMILES string of the molecule is CC(C)Cc1ccc(C(=O)c2ccc(OC(=O)c3ccco3)c(O)c2O)cc1. The molecule has 2 N–H and O–H groups in total. The second-order valence-electron chi connectivity index (χ2n) is 6.80. The Labute approximate surface area is 162 Å². The Balaban J connectivity index is 1.82. The Morgan fingerprint density at radius 2 is 1.71 bits per heavy atom. The molecule has 3 rings (SSSR count). The Morgan fingerprint density at radius 1 is 1.00 bits per heavy atom. The number of furan rings is 1. The second kappa shape index (κ2) is 8.00. The molecular weight excluding hydrogens is 360 g/mol. The zero-order valence-electron chi connectivity index (χ0n) is 15.5. The van der Waals surface area contributed by atoms with Crippen LogP contribution in [0.5, 0.6) is 17.2 Å². The highest BCUT2D eigenvalue weighted by molar-refractivity contribution is 6.11. The van der Waals surface area contributed by atoms with E-state index in [0.717, 1.165) is 12.0 Å². The molecule has 6 heteroatoms. The van der Waals surface area contributed by atoms with Gasteiger partial charge >= 0.3 is 5.97 Å². The van der Waals surface area contributed by atoms with Crippen molar-refractivity contribution in [3.63, 3.8) is 0 Å². The molecule has 0 aliphatic carbocycles. The van der Waals surface area contributed by atoms with Crippen molar-refractivity contribution in [2.45, 2.75) is 20.3 Å². The fourth-order valence-corrected chi connectivity index (χ4v) is 2.79. The van der Waals surface area contributed by atoms with E-state index in [1.165, 1.54) is 30.5 Å². The summed E-state index contributed by atoms with van der Waals surface area (Å²) in [7, 11) is 0. The lowest BCUT2D eigenvalue weighted by molar-refractivity contribution is 0.0696. The van der Waals surface area contributed by atoms with Gasteiger partial charge in [0.15, 0.2) is 17.3 Å². The summed E-state index contributed by atoms with van der Waals surface area (Å²) in [4.78, 5) is 24.6. The van der Waals surface area contributed by atoms with Gasteiger partial charge in [-0.25, -0.2) is 4.79 Å². The standard InChI is InChI=1S/C22H20O6/c1-13(2)12-14-5-7-15(8-6-14)19(23)16-9-10-17(21(25)20(16)24)28-22(26)18-4-3-11-27-18/h3-11,13,24-25H,12H2,1-2H3. The van der Waals surface area contributed by atoms with Crippen LogP contribution in [0.4, 0.5) is 0 Å². The van der Waals surface area contributed by atoms with E-state index in [2.05, 4.69) is 13.8 Å². The molecular formula is C22H20O6. The van der Waals surface area contributed by atoms with E-state index in [0.29, 0.717) is 11.5 Å². The average molecular weight is 380 g/mol. The first-order chi connectivity index (χ1) is 13.4. The number of hydrogen-bond donors (Lipinski definition) is 2. The number of esters is 1. The van der Waals surface area contributed by atoms with Crippen LogP contribution in [-0.2, 0) is 6.42 Å².